The summed E-state index contributed by atoms with van der Waals surface area (Å²) >= 11 is 0. The summed E-state index contributed by atoms with van der Waals surface area (Å²) in [5.41, 5.74) is -0.563. The third kappa shape index (κ3) is 7.37. The number of rotatable bonds is 6. The molecular weight excluding hydrogens is 433 g/mol. The zero-order valence-electron chi connectivity index (χ0n) is 16.3. The highest BCUT2D eigenvalue weighted by molar-refractivity contribution is 14.0. The molecule has 1 aliphatic rings. The van der Waals surface area contributed by atoms with Crippen molar-refractivity contribution in [2.45, 2.75) is 47.1 Å². The molecule has 1 saturated heterocycles. The standard InChI is InChI=1S/C17H33N5O2.HI/c1-7-19-16(20-11-17(4,5)15(24)18-6)21-13-8-9-22(10-13)14(23)12(2)3;/h12-13H,7-11H2,1-6H3,(H,18,24)(H2,19,20,21);1H. The minimum absolute atomic E-state index is 0. The third-order valence-electron chi connectivity index (χ3n) is 4.15. The zero-order chi connectivity index (χ0) is 18.3. The van der Waals surface area contributed by atoms with Gasteiger partial charge in [0.1, 0.15) is 0 Å². The lowest BCUT2D eigenvalue weighted by molar-refractivity contribution is -0.133. The minimum atomic E-state index is -0.563. The van der Waals surface area contributed by atoms with Crippen molar-refractivity contribution in [3.05, 3.63) is 0 Å². The van der Waals surface area contributed by atoms with Crippen LogP contribution in [0.2, 0.25) is 0 Å². The molecule has 0 aromatic carbocycles. The van der Waals surface area contributed by atoms with Crippen molar-refractivity contribution in [2.24, 2.45) is 16.3 Å². The topological polar surface area (TPSA) is 85.8 Å². The van der Waals surface area contributed by atoms with E-state index in [0.29, 0.717) is 19.0 Å². The van der Waals surface area contributed by atoms with Gasteiger partial charge in [-0.05, 0) is 27.2 Å². The molecule has 1 atom stereocenters. The van der Waals surface area contributed by atoms with Crippen LogP contribution in [0.4, 0.5) is 0 Å². The number of amides is 2. The summed E-state index contributed by atoms with van der Waals surface area (Å²) in [6, 6.07) is 0.189. The lowest BCUT2D eigenvalue weighted by Crippen LogP contribution is -2.46. The maximum absolute atomic E-state index is 12.1. The van der Waals surface area contributed by atoms with Crippen molar-refractivity contribution in [3.63, 3.8) is 0 Å². The summed E-state index contributed by atoms with van der Waals surface area (Å²) in [5.74, 6) is 0.885. The van der Waals surface area contributed by atoms with Crippen LogP contribution in [0.5, 0.6) is 0 Å². The normalized spacial score (nSPS) is 18.0. The quantitative estimate of drug-likeness (QED) is 0.311. The van der Waals surface area contributed by atoms with Gasteiger partial charge in [0.15, 0.2) is 5.96 Å². The van der Waals surface area contributed by atoms with Crippen LogP contribution in [0.3, 0.4) is 0 Å². The molecule has 1 heterocycles. The van der Waals surface area contributed by atoms with E-state index >= 15 is 0 Å². The number of hydrogen-bond acceptors (Lipinski definition) is 3. The number of hydrogen-bond donors (Lipinski definition) is 3. The number of carbonyl (C=O) groups is 2. The fourth-order valence-electron chi connectivity index (χ4n) is 2.64. The molecule has 0 aromatic rings. The minimum Gasteiger partial charge on any atom is -0.359 e. The molecule has 2 amide bonds. The molecule has 0 bridgehead atoms. The van der Waals surface area contributed by atoms with E-state index < -0.39 is 5.41 Å². The highest BCUT2D eigenvalue weighted by atomic mass is 127. The summed E-state index contributed by atoms with van der Waals surface area (Å²) in [6.45, 7) is 12.2. The molecule has 0 spiro atoms. The Morgan fingerprint density at radius 3 is 2.48 bits per heavy atom. The van der Waals surface area contributed by atoms with Crippen molar-refractivity contribution in [3.8, 4) is 0 Å². The third-order valence-corrected chi connectivity index (χ3v) is 4.15. The Labute approximate surface area is 168 Å². The first-order chi connectivity index (χ1) is 11.2. The van der Waals surface area contributed by atoms with Gasteiger partial charge in [-0.15, -0.1) is 24.0 Å². The number of guanidine groups is 1. The van der Waals surface area contributed by atoms with Gasteiger partial charge in [0.25, 0.3) is 0 Å². The first kappa shape index (κ1) is 23.9. The molecule has 3 N–H and O–H groups in total. The van der Waals surface area contributed by atoms with E-state index in [-0.39, 0.29) is 47.8 Å². The molecule has 0 aliphatic carbocycles. The van der Waals surface area contributed by atoms with Crippen LogP contribution in [0, 0.1) is 11.3 Å². The van der Waals surface area contributed by atoms with Gasteiger partial charge in [-0.1, -0.05) is 13.8 Å². The molecule has 1 rings (SSSR count). The molecular formula is C17H34IN5O2. The Bertz CT molecular complexity index is 480. The molecule has 8 heteroatoms. The number of nitrogens with one attached hydrogen (secondary N) is 3. The summed E-state index contributed by atoms with van der Waals surface area (Å²) in [4.78, 5) is 30.4. The summed E-state index contributed by atoms with van der Waals surface area (Å²) in [5, 5.41) is 9.26. The van der Waals surface area contributed by atoms with E-state index in [4.69, 9.17) is 0 Å². The van der Waals surface area contributed by atoms with Gasteiger partial charge in [-0.25, -0.2) is 0 Å². The van der Waals surface area contributed by atoms with E-state index in [9.17, 15) is 9.59 Å². The largest absolute Gasteiger partial charge is 0.359 e. The molecule has 7 nitrogen and oxygen atoms in total. The lowest BCUT2D eigenvalue weighted by atomic mass is 9.93. The Morgan fingerprint density at radius 2 is 1.96 bits per heavy atom. The Balaban J connectivity index is 0.00000576. The first-order valence-electron chi connectivity index (χ1n) is 8.77. The van der Waals surface area contributed by atoms with E-state index in [2.05, 4.69) is 20.9 Å². The van der Waals surface area contributed by atoms with Gasteiger partial charge in [-0.3, -0.25) is 14.6 Å². The molecule has 0 radical (unpaired) electrons. The molecule has 0 aromatic heterocycles. The number of halogens is 1. The fraction of sp³-hybridized carbons (Fsp3) is 0.824. The average molecular weight is 467 g/mol. The number of likely N-dealkylation sites (tertiary alicyclic amines) is 1. The Kier molecular flexibility index (Phi) is 10.4. The predicted octanol–water partition coefficient (Wildman–Crippen LogP) is 1.19. The predicted molar refractivity (Wildman–Crippen MR) is 112 cm³/mol. The first-order valence-corrected chi connectivity index (χ1v) is 8.77. The Hall–Kier alpha value is -1.06. The molecule has 25 heavy (non-hydrogen) atoms. The second kappa shape index (κ2) is 10.8. The summed E-state index contributed by atoms with van der Waals surface area (Å²) in [7, 11) is 1.64. The van der Waals surface area contributed by atoms with Crippen LogP contribution < -0.4 is 16.0 Å². The van der Waals surface area contributed by atoms with Crippen molar-refractivity contribution in [2.75, 3.05) is 33.2 Å². The molecule has 1 unspecified atom stereocenters. The van der Waals surface area contributed by atoms with E-state index in [1.807, 2.05) is 39.5 Å². The number of nitrogens with zero attached hydrogens (tertiary/aromatic N) is 2. The molecule has 146 valence electrons. The van der Waals surface area contributed by atoms with Gasteiger partial charge >= 0.3 is 0 Å². The van der Waals surface area contributed by atoms with E-state index in [1.165, 1.54) is 0 Å². The summed E-state index contributed by atoms with van der Waals surface area (Å²) in [6.07, 6.45) is 0.904. The lowest BCUT2D eigenvalue weighted by Gasteiger charge is -2.23. The second-order valence-electron chi connectivity index (χ2n) is 7.23. The SMILES string of the molecule is CCNC(=NCC(C)(C)C(=O)NC)NC1CCN(C(=O)C(C)C)C1.I. The van der Waals surface area contributed by atoms with Crippen LogP contribution in [0.1, 0.15) is 41.0 Å². The van der Waals surface area contributed by atoms with Crippen molar-refractivity contribution < 1.29 is 9.59 Å². The number of aliphatic imine (C=N–C) groups is 1. The average Bonchev–Trinajstić information content (AvgIpc) is 2.99. The fourth-order valence-corrected chi connectivity index (χ4v) is 2.64. The number of carbonyl (C=O) groups excluding carboxylic acids is 2. The van der Waals surface area contributed by atoms with Gasteiger partial charge in [0, 0.05) is 38.6 Å². The van der Waals surface area contributed by atoms with Crippen LogP contribution in [0.25, 0.3) is 0 Å². The van der Waals surface area contributed by atoms with E-state index in [1.54, 1.807) is 7.05 Å². The second-order valence-corrected chi connectivity index (χ2v) is 7.23. The van der Waals surface area contributed by atoms with Gasteiger partial charge in [0.05, 0.1) is 12.0 Å². The van der Waals surface area contributed by atoms with Gasteiger partial charge in [-0.2, -0.15) is 0 Å². The van der Waals surface area contributed by atoms with Crippen molar-refractivity contribution in [1.82, 2.24) is 20.9 Å². The van der Waals surface area contributed by atoms with Crippen LogP contribution in [-0.4, -0.2) is 61.9 Å². The van der Waals surface area contributed by atoms with Crippen molar-refractivity contribution in [1.29, 1.82) is 0 Å². The maximum atomic E-state index is 12.1. The van der Waals surface area contributed by atoms with E-state index in [0.717, 1.165) is 19.5 Å². The molecule has 0 saturated carbocycles. The zero-order valence-corrected chi connectivity index (χ0v) is 18.6. The van der Waals surface area contributed by atoms with Crippen LogP contribution in [-0.2, 0) is 9.59 Å². The van der Waals surface area contributed by atoms with Crippen molar-refractivity contribution >= 4 is 41.8 Å². The van der Waals surface area contributed by atoms with Crippen LogP contribution in [0.15, 0.2) is 4.99 Å². The van der Waals surface area contributed by atoms with Gasteiger partial charge < -0.3 is 20.9 Å². The van der Waals surface area contributed by atoms with Crippen LogP contribution >= 0.6 is 24.0 Å². The highest BCUT2D eigenvalue weighted by Gasteiger charge is 2.29. The maximum Gasteiger partial charge on any atom is 0.227 e. The summed E-state index contributed by atoms with van der Waals surface area (Å²) < 4.78 is 0. The molecule has 1 aliphatic heterocycles. The highest BCUT2D eigenvalue weighted by Crippen LogP contribution is 2.16. The van der Waals surface area contributed by atoms with Gasteiger partial charge in [0.2, 0.25) is 11.8 Å². The monoisotopic (exact) mass is 467 g/mol. The smallest absolute Gasteiger partial charge is 0.227 e. The Morgan fingerprint density at radius 1 is 1.32 bits per heavy atom. The molecule has 1 fully saturated rings.